The van der Waals surface area contributed by atoms with Gasteiger partial charge < -0.3 is 15.2 Å². The number of carbonyl (C=O) groups is 2. The third-order valence-corrected chi connectivity index (χ3v) is 3.62. The average molecular weight is 346 g/mol. The maximum Gasteiger partial charge on any atom is 0.337 e. The Morgan fingerprint density at radius 1 is 1.28 bits per heavy atom. The van der Waals surface area contributed by atoms with Gasteiger partial charge in [0.15, 0.2) is 11.6 Å². The van der Waals surface area contributed by atoms with E-state index in [4.69, 9.17) is 9.84 Å². The number of aryl methyl sites for hydroxylation is 1. The number of carboxylic acid groups (broad SMARTS) is 1. The summed E-state index contributed by atoms with van der Waals surface area (Å²) in [6.45, 7) is 3.56. The van der Waals surface area contributed by atoms with E-state index < -0.39 is 23.8 Å². The summed E-state index contributed by atoms with van der Waals surface area (Å²) in [5.41, 5.74) is 0.420. The van der Waals surface area contributed by atoms with Crippen molar-refractivity contribution in [2.24, 2.45) is 0 Å². The van der Waals surface area contributed by atoms with E-state index in [1.807, 2.05) is 6.92 Å². The van der Waals surface area contributed by atoms with Crippen LogP contribution in [0.4, 0.5) is 4.39 Å². The van der Waals surface area contributed by atoms with E-state index in [0.717, 1.165) is 0 Å². The van der Waals surface area contributed by atoms with E-state index in [1.54, 1.807) is 12.1 Å². The van der Waals surface area contributed by atoms with E-state index in [0.29, 0.717) is 6.42 Å². The van der Waals surface area contributed by atoms with Gasteiger partial charge >= 0.3 is 5.97 Å². The quantitative estimate of drug-likeness (QED) is 0.805. The average Bonchev–Trinajstić information content (AvgIpc) is 2.59. The highest BCUT2D eigenvalue weighted by Gasteiger charge is 2.16. The van der Waals surface area contributed by atoms with Gasteiger partial charge in [-0.1, -0.05) is 19.1 Å². The second-order valence-corrected chi connectivity index (χ2v) is 5.42. The molecular formula is C18H19FN2O4. The fourth-order valence-corrected chi connectivity index (χ4v) is 2.20. The van der Waals surface area contributed by atoms with Crippen LogP contribution in [-0.2, 0) is 0 Å². The van der Waals surface area contributed by atoms with Gasteiger partial charge in [0.2, 0.25) is 0 Å². The third kappa shape index (κ3) is 4.76. The van der Waals surface area contributed by atoms with E-state index in [2.05, 4.69) is 10.3 Å². The van der Waals surface area contributed by atoms with Crippen LogP contribution in [0, 0.1) is 12.7 Å². The minimum Gasteiger partial charge on any atom is -0.486 e. The zero-order valence-electron chi connectivity index (χ0n) is 14.0. The SMILES string of the molecule is CCC(CNC(=O)c1ccc(C(=O)O)c(C)n1)Oc1ccccc1F. The van der Waals surface area contributed by atoms with Gasteiger partial charge in [0.05, 0.1) is 17.8 Å². The molecule has 0 radical (unpaired) electrons. The van der Waals surface area contributed by atoms with Crippen LogP contribution in [0.3, 0.4) is 0 Å². The molecule has 0 fully saturated rings. The first-order chi connectivity index (χ1) is 11.9. The number of rotatable bonds is 7. The first-order valence-electron chi connectivity index (χ1n) is 7.82. The van der Waals surface area contributed by atoms with Gasteiger partial charge in [0.1, 0.15) is 11.8 Å². The number of nitrogens with zero attached hydrogens (tertiary/aromatic N) is 1. The van der Waals surface area contributed by atoms with Crippen LogP contribution in [0.2, 0.25) is 0 Å². The molecule has 1 unspecified atom stereocenters. The lowest BCUT2D eigenvalue weighted by Gasteiger charge is -2.18. The molecule has 1 aromatic heterocycles. The van der Waals surface area contributed by atoms with Crippen molar-refractivity contribution in [3.63, 3.8) is 0 Å². The highest BCUT2D eigenvalue weighted by molar-refractivity contribution is 5.94. The van der Waals surface area contributed by atoms with E-state index in [9.17, 15) is 14.0 Å². The monoisotopic (exact) mass is 346 g/mol. The molecule has 0 aliphatic rings. The fraction of sp³-hybridized carbons (Fsp3) is 0.278. The van der Waals surface area contributed by atoms with Gasteiger partial charge in [-0.3, -0.25) is 4.79 Å². The first-order valence-corrected chi connectivity index (χ1v) is 7.82. The molecule has 6 nitrogen and oxygen atoms in total. The summed E-state index contributed by atoms with van der Waals surface area (Å²) in [5.74, 6) is -1.88. The molecule has 25 heavy (non-hydrogen) atoms. The first kappa shape index (κ1) is 18.4. The van der Waals surface area contributed by atoms with Crippen LogP contribution >= 0.6 is 0 Å². The molecule has 0 spiro atoms. The Balaban J connectivity index is 1.99. The van der Waals surface area contributed by atoms with Crippen LogP contribution in [0.15, 0.2) is 36.4 Å². The molecule has 1 atom stereocenters. The Bertz CT molecular complexity index is 779. The summed E-state index contributed by atoms with van der Waals surface area (Å²) in [4.78, 5) is 27.1. The number of para-hydroxylation sites is 1. The number of benzene rings is 1. The minimum atomic E-state index is -1.10. The lowest BCUT2D eigenvalue weighted by molar-refractivity contribution is 0.0694. The largest absolute Gasteiger partial charge is 0.486 e. The normalized spacial score (nSPS) is 11.6. The summed E-state index contributed by atoms with van der Waals surface area (Å²) < 4.78 is 19.2. The number of aromatic nitrogens is 1. The molecule has 0 aliphatic carbocycles. The molecule has 1 amide bonds. The highest BCUT2D eigenvalue weighted by Crippen LogP contribution is 2.17. The Morgan fingerprint density at radius 3 is 2.60 bits per heavy atom. The molecule has 0 saturated carbocycles. The van der Waals surface area contributed by atoms with E-state index in [1.165, 1.54) is 31.2 Å². The summed E-state index contributed by atoms with van der Waals surface area (Å²) in [5, 5.41) is 11.6. The lowest BCUT2D eigenvalue weighted by atomic mass is 10.2. The molecule has 7 heteroatoms. The van der Waals surface area contributed by atoms with Gasteiger partial charge in [-0.2, -0.15) is 0 Å². The van der Waals surface area contributed by atoms with Gasteiger partial charge in [-0.05, 0) is 37.6 Å². The zero-order chi connectivity index (χ0) is 18.4. The molecule has 132 valence electrons. The van der Waals surface area contributed by atoms with Crippen molar-refractivity contribution in [3.05, 3.63) is 59.2 Å². The minimum absolute atomic E-state index is 0.0471. The maximum absolute atomic E-state index is 13.6. The molecule has 0 bridgehead atoms. The van der Waals surface area contributed by atoms with Crippen LogP contribution in [-0.4, -0.2) is 34.6 Å². The van der Waals surface area contributed by atoms with Crippen LogP contribution < -0.4 is 10.1 Å². The summed E-state index contributed by atoms with van der Waals surface area (Å²) in [6, 6.07) is 8.75. The number of ether oxygens (including phenoxy) is 1. The van der Waals surface area contributed by atoms with Gasteiger partial charge in [-0.15, -0.1) is 0 Å². The molecule has 2 N–H and O–H groups in total. The third-order valence-electron chi connectivity index (χ3n) is 3.62. The fourth-order valence-electron chi connectivity index (χ4n) is 2.20. The van der Waals surface area contributed by atoms with Crippen molar-refractivity contribution in [3.8, 4) is 5.75 Å². The number of halogens is 1. The molecule has 0 saturated heterocycles. The summed E-state index contributed by atoms with van der Waals surface area (Å²) in [7, 11) is 0. The number of pyridine rings is 1. The van der Waals surface area contributed by atoms with Crippen molar-refractivity contribution in [2.75, 3.05) is 6.54 Å². The van der Waals surface area contributed by atoms with Crippen LogP contribution in [0.5, 0.6) is 5.75 Å². The number of aromatic carboxylic acids is 1. The number of amides is 1. The molecule has 1 heterocycles. The number of carboxylic acids is 1. The number of nitrogens with one attached hydrogen (secondary N) is 1. The second-order valence-electron chi connectivity index (χ2n) is 5.42. The van der Waals surface area contributed by atoms with Crippen molar-refractivity contribution in [1.82, 2.24) is 10.3 Å². The van der Waals surface area contributed by atoms with Crippen molar-refractivity contribution < 1.29 is 23.8 Å². The number of hydrogen-bond donors (Lipinski definition) is 2. The zero-order valence-corrected chi connectivity index (χ0v) is 14.0. The topological polar surface area (TPSA) is 88.5 Å². The molecule has 0 aliphatic heterocycles. The highest BCUT2D eigenvalue weighted by atomic mass is 19.1. The summed E-state index contributed by atoms with van der Waals surface area (Å²) >= 11 is 0. The number of hydrogen-bond acceptors (Lipinski definition) is 4. The van der Waals surface area contributed by atoms with Crippen LogP contribution in [0.1, 0.15) is 39.9 Å². The maximum atomic E-state index is 13.6. The summed E-state index contributed by atoms with van der Waals surface area (Å²) in [6.07, 6.45) is 0.166. The van der Waals surface area contributed by atoms with Crippen molar-refractivity contribution in [1.29, 1.82) is 0 Å². The standard InChI is InChI=1S/C18H19FN2O4/c1-3-12(25-16-7-5-4-6-14(16)19)10-20-17(22)15-9-8-13(18(23)24)11(2)21-15/h4-9,12H,3,10H2,1-2H3,(H,20,22)(H,23,24). The molecular weight excluding hydrogens is 327 g/mol. The second kappa shape index (κ2) is 8.23. The van der Waals surface area contributed by atoms with E-state index >= 15 is 0 Å². The van der Waals surface area contributed by atoms with Crippen molar-refractivity contribution >= 4 is 11.9 Å². The smallest absolute Gasteiger partial charge is 0.337 e. The van der Waals surface area contributed by atoms with Gasteiger partial charge in [-0.25, -0.2) is 14.2 Å². The van der Waals surface area contributed by atoms with E-state index in [-0.39, 0.29) is 29.2 Å². The van der Waals surface area contributed by atoms with Gasteiger partial charge in [0, 0.05) is 0 Å². The van der Waals surface area contributed by atoms with Gasteiger partial charge in [0.25, 0.3) is 5.91 Å². The molecule has 2 aromatic rings. The molecule has 1 aromatic carbocycles. The predicted octanol–water partition coefficient (Wildman–Crippen LogP) is 2.81. The Morgan fingerprint density at radius 2 is 2.00 bits per heavy atom. The Kier molecular flexibility index (Phi) is 6.05. The lowest BCUT2D eigenvalue weighted by Crippen LogP contribution is -2.35. The predicted molar refractivity (Wildman–Crippen MR) is 89.4 cm³/mol. The molecule has 2 rings (SSSR count). The van der Waals surface area contributed by atoms with Crippen molar-refractivity contribution in [2.45, 2.75) is 26.4 Å². The Labute approximate surface area is 144 Å². The number of carbonyl (C=O) groups excluding carboxylic acids is 1. The van der Waals surface area contributed by atoms with Crippen LogP contribution in [0.25, 0.3) is 0 Å². The Hall–Kier alpha value is -2.96.